The van der Waals surface area contributed by atoms with Gasteiger partial charge in [0.25, 0.3) is 0 Å². The quantitative estimate of drug-likeness (QED) is 0.443. The van der Waals surface area contributed by atoms with Gasteiger partial charge in [-0.3, -0.25) is 0 Å². The predicted octanol–water partition coefficient (Wildman–Crippen LogP) is 5.55. The molecule has 1 aromatic heterocycles. The highest BCUT2D eigenvalue weighted by Crippen LogP contribution is 2.30. The zero-order chi connectivity index (χ0) is 21.0. The third kappa shape index (κ3) is 5.06. The number of thioether (sulfide) groups is 1. The van der Waals surface area contributed by atoms with E-state index >= 15 is 0 Å². The highest BCUT2D eigenvalue weighted by atomic mass is 79.9. The van der Waals surface area contributed by atoms with Crippen LogP contribution in [0, 0.1) is 0 Å². The van der Waals surface area contributed by atoms with Gasteiger partial charge in [-0.1, -0.05) is 19.1 Å². The molecule has 0 unspecified atom stereocenters. The van der Waals surface area contributed by atoms with Crippen molar-refractivity contribution < 1.29 is 17.6 Å². The van der Waals surface area contributed by atoms with Crippen LogP contribution in [0.4, 0.5) is 0 Å². The number of rotatable bonds is 8. The normalized spacial score (nSPS) is 12.5. The molecular formula is C21H22BrNO4S2. The Morgan fingerprint density at radius 1 is 1.24 bits per heavy atom. The minimum absolute atomic E-state index is 0.233. The molecule has 3 rings (SSSR count). The number of hydrogen-bond donors (Lipinski definition) is 1. The van der Waals surface area contributed by atoms with Gasteiger partial charge >= 0.3 is 0 Å². The second kappa shape index (κ2) is 9.38. The van der Waals surface area contributed by atoms with Gasteiger partial charge in [0.05, 0.1) is 10.7 Å². The second-order valence-corrected chi connectivity index (χ2v) is 10.1. The standard InChI is InChI=1S/C21H22BrNO4S2/c1-4-14-5-6-16(12-20(28-3)29(24,25)23-2)19(11-14)27-13-15-9-17-7-8-26-21(17)18(22)10-15/h5-12,23H,4,13H2,1-3H3/b20-12+. The lowest BCUT2D eigenvalue weighted by molar-refractivity contribution is 0.305. The number of aryl methyl sites for hydroxylation is 1. The van der Waals surface area contributed by atoms with Gasteiger partial charge in [-0.05, 0) is 77.1 Å². The number of furan rings is 1. The molecule has 0 radical (unpaired) electrons. The minimum Gasteiger partial charge on any atom is -0.488 e. The zero-order valence-corrected chi connectivity index (χ0v) is 19.6. The molecule has 0 bridgehead atoms. The van der Waals surface area contributed by atoms with Crippen molar-refractivity contribution in [2.24, 2.45) is 0 Å². The lowest BCUT2D eigenvalue weighted by Gasteiger charge is -2.13. The molecule has 0 atom stereocenters. The van der Waals surface area contributed by atoms with Crippen molar-refractivity contribution in [3.05, 3.63) is 68.1 Å². The molecule has 1 heterocycles. The van der Waals surface area contributed by atoms with Crippen LogP contribution in [0.15, 0.2) is 55.8 Å². The van der Waals surface area contributed by atoms with Crippen LogP contribution in [-0.2, 0) is 23.1 Å². The number of halogens is 1. The third-order valence-electron chi connectivity index (χ3n) is 4.45. The summed E-state index contributed by atoms with van der Waals surface area (Å²) in [6.45, 7) is 2.42. The lowest BCUT2D eigenvalue weighted by atomic mass is 10.1. The van der Waals surface area contributed by atoms with Crippen LogP contribution in [0.5, 0.6) is 5.75 Å². The maximum Gasteiger partial charge on any atom is 0.246 e. The summed E-state index contributed by atoms with van der Waals surface area (Å²) in [5, 5.41) is 0.991. The summed E-state index contributed by atoms with van der Waals surface area (Å²) in [6.07, 6.45) is 5.89. The average Bonchev–Trinajstić information content (AvgIpc) is 3.20. The van der Waals surface area contributed by atoms with Crippen molar-refractivity contribution >= 4 is 54.8 Å². The first kappa shape index (κ1) is 22.0. The Labute approximate surface area is 183 Å². The molecule has 1 N–H and O–H groups in total. The summed E-state index contributed by atoms with van der Waals surface area (Å²) in [4.78, 5) is 0. The van der Waals surface area contributed by atoms with E-state index < -0.39 is 10.0 Å². The molecule has 29 heavy (non-hydrogen) atoms. The Morgan fingerprint density at radius 2 is 2.03 bits per heavy atom. The van der Waals surface area contributed by atoms with Gasteiger partial charge in [-0.25, -0.2) is 13.1 Å². The molecule has 0 aliphatic rings. The van der Waals surface area contributed by atoms with Crippen LogP contribution in [-0.4, -0.2) is 21.7 Å². The van der Waals surface area contributed by atoms with E-state index in [0.29, 0.717) is 17.9 Å². The van der Waals surface area contributed by atoms with E-state index in [9.17, 15) is 8.42 Å². The van der Waals surface area contributed by atoms with Crippen molar-refractivity contribution in [1.29, 1.82) is 0 Å². The number of ether oxygens (including phenoxy) is 1. The van der Waals surface area contributed by atoms with Crippen molar-refractivity contribution in [2.75, 3.05) is 13.3 Å². The molecular weight excluding hydrogens is 474 g/mol. The maximum absolute atomic E-state index is 12.2. The van der Waals surface area contributed by atoms with Crippen LogP contribution in [0.2, 0.25) is 0 Å². The molecule has 2 aromatic carbocycles. The number of fused-ring (bicyclic) bond motifs is 1. The van der Waals surface area contributed by atoms with Crippen molar-refractivity contribution in [3.8, 4) is 5.75 Å². The van der Waals surface area contributed by atoms with E-state index in [-0.39, 0.29) is 4.24 Å². The Morgan fingerprint density at radius 3 is 2.72 bits per heavy atom. The SMILES string of the molecule is CCc1ccc(/C=C(\SC)S(=O)(=O)NC)c(OCc2cc(Br)c3occc3c2)c1. The van der Waals surface area contributed by atoms with Gasteiger partial charge in [-0.2, -0.15) is 0 Å². The molecule has 0 fully saturated rings. The van der Waals surface area contributed by atoms with E-state index in [4.69, 9.17) is 9.15 Å². The Balaban J connectivity index is 1.94. The van der Waals surface area contributed by atoms with Gasteiger partial charge in [0.2, 0.25) is 10.0 Å². The highest BCUT2D eigenvalue weighted by Gasteiger charge is 2.16. The van der Waals surface area contributed by atoms with Crippen molar-refractivity contribution in [2.45, 2.75) is 20.0 Å². The Bertz CT molecular complexity index is 1150. The Hall–Kier alpha value is -1.74. The highest BCUT2D eigenvalue weighted by molar-refractivity contribution is 9.10. The Kier molecular flexibility index (Phi) is 7.10. The zero-order valence-electron chi connectivity index (χ0n) is 16.4. The fraction of sp³-hybridized carbons (Fsp3) is 0.238. The van der Waals surface area contributed by atoms with E-state index in [1.54, 1.807) is 18.6 Å². The van der Waals surface area contributed by atoms with E-state index in [2.05, 4.69) is 27.6 Å². The molecule has 0 saturated carbocycles. The summed E-state index contributed by atoms with van der Waals surface area (Å²) in [6, 6.07) is 11.7. The van der Waals surface area contributed by atoms with Crippen molar-refractivity contribution in [3.63, 3.8) is 0 Å². The monoisotopic (exact) mass is 495 g/mol. The number of hydrogen-bond acceptors (Lipinski definition) is 5. The van der Waals surface area contributed by atoms with Gasteiger partial charge in [0.15, 0.2) is 0 Å². The van der Waals surface area contributed by atoms with E-state index in [1.807, 2.05) is 36.4 Å². The average molecular weight is 496 g/mol. The fourth-order valence-corrected chi connectivity index (χ4v) is 5.33. The minimum atomic E-state index is -3.53. The summed E-state index contributed by atoms with van der Waals surface area (Å²) >= 11 is 4.70. The smallest absolute Gasteiger partial charge is 0.246 e. The summed E-state index contributed by atoms with van der Waals surface area (Å²) in [5.41, 5.74) is 3.61. The number of benzene rings is 2. The first-order chi connectivity index (χ1) is 13.9. The van der Waals surface area contributed by atoms with Gasteiger partial charge in [0.1, 0.15) is 22.2 Å². The molecule has 0 aliphatic heterocycles. The molecule has 0 spiro atoms. The molecule has 154 valence electrons. The third-order valence-corrected chi connectivity index (χ3v) is 7.91. The largest absolute Gasteiger partial charge is 0.488 e. The summed E-state index contributed by atoms with van der Waals surface area (Å²) < 4.78 is 39.5. The molecule has 3 aromatic rings. The fourth-order valence-electron chi connectivity index (χ4n) is 2.86. The van der Waals surface area contributed by atoms with Crippen LogP contribution in [0.25, 0.3) is 17.0 Å². The van der Waals surface area contributed by atoms with Crippen molar-refractivity contribution in [1.82, 2.24) is 4.72 Å². The predicted molar refractivity (Wildman–Crippen MR) is 124 cm³/mol. The molecule has 8 heteroatoms. The topological polar surface area (TPSA) is 68.5 Å². The summed E-state index contributed by atoms with van der Waals surface area (Å²) in [5.74, 6) is 0.644. The van der Waals surface area contributed by atoms with Gasteiger partial charge in [-0.15, -0.1) is 11.8 Å². The van der Waals surface area contributed by atoms with Crippen LogP contribution < -0.4 is 9.46 Å². The van der Waals surface area contributed by atoms with Crippen LogP contribution in [0.3, 0.4) is 0 Å². The van der Waals surface area contributed by atoms with E-state index in [0.717, 1.165) is 33.0 Å². The lowest BCUT2D eigenvalue weighted by Crippen LogP contribution is -2.18. The second-order valence-electron chi connectivity index (χ2n) is 6.31. The van der Waals surface area contributed by atoms with Gasteiger partial charge < -0.3 is 9.15 Å². The first-order valence-electron chi connectivity index (χ1n) is 8.98. The molecule has 0 aliphatic carbocycles. The summed E-state index contributed by atoms with van der Waals surface area (Å²) in [7, 11) is -2.13. The van der Waals surface area contributed by atoms with Gasteiger partial charge in [0, 0.05) is 10.9 Å². The molecule has 0 amide bonds. The molecule has 5 nitrogen and oxygen atoms in total. The van der Waals surface area contributed by atoms with Crippen LogP contribution >= 0.6 is 27.7 Å². The molecule has 0 saturated heterocycles. The van der Waals surface area contributed by atoms with E-state index in [1.165, 1.54) is 18.8 Å². The maximum atomic E-state index is 12.2. The number of sulfonamides is 1. The first-order valence-corrected chi connectivity index (χ1v) is 12.5. The van der Waals surface area contributed by atoms with Crippen LogP contribution in [0.1, 0.15) is 23.6 Å². The number of nitrogens with one attached hydrogen (secondary N) is 1.